The van der Waals surface area contributed by atoms with Gasteiger partial charge in [-0.1, -0.05) is 12.1 Å². The lowest BCUT2D eigenvalue weighted by Gasteiger charge is -2.30. The van der Waals surface area contributed by atoms with E-state index in [2.05, 4.69) is 9.97 Å². The number of piperidine rings is 1. The molecule has 0 spiro atoms. The van der Waals surface area contributed by atoms with Crippen molar-refractivity contribution in [2.75, 3.05) is 13.1 Å². The number of likely N-dealkylation sites (tertiary alicyclic amines) is 1. The number of aryl methyl sites for hydroxylation is 3. The van der Waals surface area contributed by atoms with Crippen LogP contribution in [0.25, 0.3) is 21.3 Å². The fourth-order valence-corrected chi connectivity index (χ4v) is 6.43. The number of carbonyl (C=O) groups excluding carboxylic acids is 1. The Bertz CT molecular complexity index is 1360. The Balaban J connectivity index is 1.09. The molecule has 0 unspecified atom stereocenters. The van der Waals surface area contributed by atoms with Gasteiger partial charge in [-0.2, -0.15) is 0 Å². The van der Waals surface area contributed by atoms with E-state index in [1.807, 2.05) is 29.2 Å². The smallest absolute Gasteiger partial charge is 0.259 e. The minimum absolute atomic E-state index is 0.0546. The molecule has 1 fully saturated rings. The number of thiophene rings is 1. The average molecular weight is 463 g/mol. The summed E-state index contributed by atoms with van der Waals surface area (Å²) < 4.78 is 5.93. The number of rotatable bonds is 4. The van der Waals surface area contributed by atoms with Crippen molar-refractivity contribution in [2.24, 2.45) is 0 Å². The molecule has 7 nitrogen and oxygen atoms in total. The number of para-hydroxylation sites is 2. The number of nitrogens with one attached hydrogen (secondary N) is 1. The first kappa shape index (κ1) is 20.6. The van der Waals surface area contributed by atoms with E-state index in [-0.39, 0.29) is 17.4 Å². The first-order valence-electron chi connectivity index (χ1n) is 11.8. The number of hydrogen-bond acceptors (Lipinski definition) is 6. The molecule has 1 amide bonds. The van der Waals surface area contributed by atoms with Crippen LogP contribution < -0.4 is 5.56 Å². The molecular formula is C25H26N4O3S. The third-order valence-electron chi connectivity index (χ3n) is 6.96. The first-order chi connectivity index (χ1) is 16.2. The van der Waals surface area contributed by atoms with E-state index >= 15 is 0 Å². The molecule has 4 aromatic rings. The average Bonchev–Trinajstić information content (AvgIpc) is 3.44. The number of aromatic nitrogens is 3. The number of nitrogens with zero attached hydrogens (tertiary/aromatic N) is 3. The summed E-state index contributed by atoms with van der Waals surface area (Å²) in [4.78, 5) is 41.9. The Labute approximate surface area is 194 Å². The Kier molecular flexibility index (Phi) is 5.25. The van der Waals surface area contributed by atoms with Crippen molar-refractivity contribution in [3.05, 3.63) is 56.8 Å². The van der Waals surface area contributed by atoms with Crippen LogP contribution in [-0.2, 0) is 24.1 Å². The number of carbonyl (C=O) groups is 1. The molecule has 33 heavy (non-hydrogen) atoms. The van der Waals surface area contributed by atoms with Gasteiger partial charge >= 0.3 is 0 Å². The number of amides is 1. The quantitative estimate of drug-likeness (QED) is 0.487. The highest BCUT2D eigenvalue weighted by atomic mass is 32.1. The SMILES string of the molecule is O=C(CCc1nc2sc3c(c2c(=O)[nH]1)CCCC3)N1CCC(c2nc3ccccc3o2)CC1. The predicted molar refractivity (Wildman–Crippen MR) is 128 cm³/mol. The van der Waals surface area contributed by atoms with Gasteiger partial charge < -0.3 is 14.3 Å². The summed E-state index contributed by atoms with van der Waals surface area (Å²) in [6.07, 6.45) is 6.84. The van der Waals surface area contributed by atoms with Crippen LogP contribution in [0.2, 0.25) is 0 Å². The molecule has 1 saturated heterocycles. The lowest BCUT2D eigenvalue weighted by Crippen LogP contribution is -2.38. The maximum Gasteiger partial charge on any atom is 0.259 e. The van der Waals surface area contributed by atoms with E-state index in [0.717, 1.165) is 59.3 Å². The minimum atomic E-state index is -0.0546. The second kappa shape index (κ2) is 8.41. The molecule has 3 aromatic heterocycles. The highest BCUT2D eigenvalue weighted by Crippen LogP contribution is 2.34. The molecule has 6 rings (SSSR count). The standard InChI is InChI=1S/C25H26N4O3S/c30-21(29-13-11-15(12-14-29)24-26-17-6-2-3-7-18(17)32-24)10-9-20-27-23(31)22-16-5-1-4-8-19(16)33-25(22)28-20/h2-3,6-7,15H,1,4-5,8-14H2,(H,27,28,31). The van der Waals surface area contributed by atoms with Gasteiger partial charge in [0.15, 0.2) is 11.5 Å². The highest BCUT2D eigenvalue weighted by Gasteiger charge is 2.27. The van der Waals surface area contributed by atoms with Crippen LogP contribution in [0.3, 0.4) is 0 Å². The van der Waals surface area contributed by atoms with Crippen molar-refractivity contribution in [3.8, 4) is 0 Å². The van der Waals surface area contributed by atoms with Gasteiger partial charge in [-0.25, -0.2) is 9.97 Å². The van der Waals surface area contributed by atoms with E-state index in [1.54, 1.807) is 11.3 Å². The molecule has 0 atom stereocenters. The van der Waals surface area contributed by atoms with Crippen LogP contribution in [0.4, 0.5) is 0 Å². The number of hydrogen-bond donors (Lipinski definition) is 1. The van der Waals surface area contributed by atoms with Crippen LogP contribution in [-0.4, -0.2) is 38.8 Å². The number of aromatic amines is 1. The molecule has 0 bridgehead atoms. The third kappa shape index (κ3) is 3.86. The molecule has 4 heterocycles. The van der Waals surface area contributed by atoms with Crippen molar-refractivity contribution in [2.45, 2.75) is 57.3 Å². The van der Waals surface area contributed by atoms with E-state index in [0.29, 0.717) is 31.8 Å². The zero-order valence-corrected chi connectivity index (χ0v) is 19.2. The molecule has 1 aliphatic heterocycles. The van der Waals surface area contributed by atoms with Crippen molar-refractivity contribution in [1.29, 1.82) is 0 Å². The summed E-state index contributed by atoms with van der Waals surface area (Å²) in [5.41, 5.74) is 2.84. The number of fused-ring (bicyclic) bond motifs is 4. The van der Waals surface area contributed by atoms with Gasteiger partial charge in [0.25, 0.3) is 5.56 Å². The van der Waals surface area contributed by atoms with E-state index in [1.165, 1.54) is 16.9 Å². The summed E-state index contributed by atoms with van der Waals surface area (Å²) in [5.74, 6) is 1.74. The monoisotopic (exact) mass is 462 g/mol. The van der Waals surface area contributed by atoms with E-state index in [4.69, 9.17) is 9.40 Å². The zero-order valence-electron chi connectivity index (χ0n) is 18.4. The number of oxazole rings is 1. The fraction of sp³-hybridized carbons (Fsp3) is 0.440. The summed E-state index contributed by atoms with van der Waals surface area (Å²) in [5, 5.41) is 0.769. The second-order valence-corrected chi connectivity index (χ2v) is 10.2. The Hall–Kier alpha value is -3.00. The maximum atomic E-state index is 12.8. The number of benzene rings is 1. The van der Waals surface area contributed by atoms with Gasteiger partial charge in [0.1, 0.15) is 16.2 Å². The highest BCUT2D eigenvalue weighted by molar-refractivity contribution is 7.18. The first-order valence-corrected chi connectivity index (χ1v) is 12.6. The lowest BCUT2D eigenvalue weighted by molar-refractivity contribution is -0.132. The summed E-state index contributed by atoms with van der Waals surface area (Å²) >= 11 is 1.65. The second-order valence-electron chi connectivity index (χ2n) is 9.08. The summed E-state index contributed by atoms with van der Waals surface area (Å²) in [7, 11) is 0. The Morgan fingerprint density at radius 1 is 1.15 bits per heavy atom. The maximum absolute atomic E-state index is 12.8. The van der Waals surface area contributed by atoms with Gasteiger partial charge in [-0.05, 0) is 56.2 Å². The molecular weight excluding hydrogens is 436 g/mol. The van der Waals surface area contributed by atoms with Crippen LogP contribution in [0.5, 0.6) is 0 Å². The fourth-order valence-electron chi connectivity index (χ4n) is 5.15. The third-order valence-corrected chi connectivity index (χ3v) is 8.14. The van der Waals surface area contributed by atoms with Crippen LogP contribution >= 0.6 is 11.3 Å². The largest absolute Gasteiger partial charge is 0.440 e. The van der Waals surface area contributed by atoms with Crippen LogP contribution in [0, 0.1) is 0 Å². The van der Waals surface area contributed by atoms with Crippen molar-refractivity contribution < 1.29 is 9.21 Å². The van der Waals surface area contributed by atoms with Gasteiger partial charge in [-0.15, -0.1) is 11.3 Å². The zero-order chi connectivity index (χ0) is 22.4. The molecule has 1 N–H and O–H groups in total. The topological polar surface area (TPSA) is 92.1 Å². The molecule has 1 aromatic carbocycles. The summed E-state index contributed by atoms with van der Waals surface area (Å²) in [6, 6.07) is 7.81. The Morgan fingerprint density at radius 3 is 2.82 bits per heavy atom. The molecule has 0 saturated carbocycles. The van der Waals surface area contributed by atoms with Gasteiger partial charge in [0.05, 0.1) is 5.39 Å². The normalized spacial score (nSPS) is 17.0. The van der Waals surface area contributed by atoms with Gasteiger partial charge in [0, 0.05) is 36.7 Å². The van der Waals surface area contributed by atoms with Crippen molar-refractivity contribution in [3.63, 3.8) is 0 Å². The predicted octanol–water partition coefficient (Wildman–Crippen LogP) is 4.34. The van der Waals surface area contributed by atoms with Crippen LogP contribution in [0.1, 0.15) is 60.2 Å². The van der Waals surface area contributed by atoms with Gasteiger partial charge in [0.2, 0.25) is 5.91 Å². The molecule has 0 radical (unpaired) electrons. The summed E-state index contributed by atoms with van der Waals surface area (Å²) in [6.45, 7) is 1.39. The van der Waals surface area contributed by atoms with Crippen molar-refractivity contribution >= 4 is 38.6 Å². The molecule has 1 aliphatic carbocycles. The minimum Gasteiger partial charge on any atom is -0.440 e. The molecule has 170 valence electrons. The van der Waals surface area contributed by atoms with Crippen molar-refractivity contribution in [1.82, 2.24) is 19.9 Å². The molecule has 2 aliphatic rings. The van der Waals surface area contributed by atoms with E-state index in [9.17, 15) is 9.59 Å². The van der Waals surface area contributed by atoms with Crippen LogP contribution in [0.15, 0.2) is 33.5 Å². The number of H-pyrrole nitrogens is 1. The lowest BCUT2D eigenvalue weighted by atomic mass is 9.96. The Morgan fingerprint density at radius 2 is 1.97 bits per heavy atom. The van der Waals surface area contributed by atoms with E-state index < -0.39 is 0 Å². The van der Waals surface area contributed by atoms with Gasteiger partial charge in [-0.3, -0.25) is 9.59 Å². The molecule has 8 heteroatoms.